The molecule has 0 spiro atoms. The van der Waals surface area contributed by atoms with Gasteiger partial charge in [0, 0.05) is 5.56 Å². The normalized spacial score (nSPS) is 17.3. The van der Waals surface area contributed by atoms with E-state index in [4.69, 9.17) is 14.6 Å². The molecule has 1 aromatic carbocycles. The van der Waals surface area contributed by atoms with E-state index >= 15 is 0 Å². The molecule has 1 aromatic rings. The standard InChI is InChI=1S/C13H16O4/c1-9-3-4-11(16-2)10(5-9)13(6-12(14)15)7-17-8-13/h3-5H,6-8H2,1-2H3,(H,14,15). The van der Waals surface area contributed by atoms with E-state index in [1.54, 1.807) is 7.11 Å². The molecule has 0 bridgehead atoms. The van der Waals surface area contributed by atoms with E-state index in [1.807, 2.05) is 25.1 Å². The number of rotatable bonds is 4. The molecule has 1 N–H and O–H groups in total. The molecule has 0 radical (unpaired) electrons. The van der Waals surface area contributed by atoms with Gasteiger partial charge in [-0.2, -0.15) is 0 Å². The maximum Gasteiger partial charge on any atom is 0.304 e. The van der Waals surface area contributed by atoms with Crippen molar-refractivity contribution < 1.29 is 19.4 Å². The second-order valence-corrected chi connectivity index (χ2v) is 4.55. The minimum absolute atomic E-state index is 0.0762. The van der Waals surface area contributed by atoms with Crippen LogP contribution in [0.4, 0.5) is 0 Å². The summed E-state index contributed by atoms with van der Waals surface area (Å²) in [5, 5.41) is 9.01. The van der Waals surface area contributed by atoms with E-state index in [2.05, 4.69) is 0 Å². The average molecular weight is 236 g/mol. The molecule has 0 unspecified atom stereocenters. The molecular weight excluding hydrogens is 220 g/mol. The van der Waals surface area contributed by atoms with Crippen molar-refractivity contribution in [3.8, 4) is 5.75 Å². The Labute approximate surface area is 100 Å². The summed E-state index contributed by atoms with van der Waals surface area (Å²) in [7, 11) is 1.60. The molecular formula is C13H16O4. The highest BCUT2D eigenvalue weighted by atomic mass is 16.5. The van der Waals surface area contributed by atoms with Crippen LogP contribution in [0.5, 0.6) is 5.75 Å². The monoisotopic (exact) mass is 236 g/mol. The second kappa shape index (κ2) is 4.37. The zero-order valence-corrected chi connectivity index (χ0v) is 10.0. The summed E-state index contributed by atoms with van der Waals surface area (Å²) in [5.74, 6) is -0.0722. The maximum absolute atomic E-state index is 11.0. The summed E-state index contributed by atoms with van der Waals surface area (Å²) in [6, 6.07) is 5.83. The van der Waals surface area contributed by atoms with Crippen LogP contribution in [0.2, 0.25) is 0 Å². The van der Waals surface area contributed by atoms with Crippen molar-refractivity contribution in [2.24, 2.45) is 0 Å². The Bertz CT molecular complexity index is 435. The summed E-state index contributed by atoms with van der Waals surface area (Å²) in [4.78, 5) is 11.0. The minimum atomic E-state index is -0.808. The first kappa shape index (κ1) is 11.9. The Morgan fingerprint density at radius 1 is 1.53 bits per heavy atom. The van der Waals surface area contributed by atoms with Crippen molar-refractivity contribution in [1.82, 2.24) is 0 Å². The first-order chi connectivity index (χ1) is 8.07. The van der Waals surface area contributed by atoms with Gasteiger partial charge in [0.05, 0.1) is 32.2 Å². The van der Waals surface area contributed by atoms with Gasteiger partial charge >= 0.3 is 5.97 Å². The van der Waals surface area contributed by atoms with Gasteiger partial charge in [-0.05, 0) is 13.0 Å². The lowest BCUT2D eigenvalue weighted by Gasteiger charge is -2.41. The Kier molecular flexibility index (Phi) is 3.07. The van der Waals surface area contributed by atoms with E-state index in [1.165, 1.54) is 0 Å². The molecule has 2 rings (SSSR count). The molecule has 0 aliphatic carbocycles. The molecule has 1 fully saturated rings. The number of aliphatic carboxylic acids is 1. The summed E-state index contributed by atoms with van der Waals surface area (Å²) < 4.78 is 10.5. The minimum Gasteiger partial charge on any atom is -0.496 e. The van der Waals surface area contributed by atoms with Crippen LogP contribution in [0.25, 0.3) is 0 Å². The summed E-state index contributed by atoms with van der Waals surface area (Å²) in [6.45, 7) is 2.87. The van der Waals surface area contributed by atoms with Gasteiger partial charge in [0.1, 0.15) is 5.75 Å². The summed E-state index contributed by atoms with van der Waals surface area (Å²) >= 11 is 0. The molecule has 17 heavy (non-hydrogen) atoms. The summed E-state index contributed by atoms with van der Waals surface area (Å²) in [6.07, 6.45) is 0.0762. The molecule has 1 saturated heterocycles. The Morgan fingerprint density at radius 2 is 2.24 bits per heavy atom. The van der Waals surface area contributed by atoms with Gasteiger partial charge in [0.15, 0.2) is 0 Å². The van der Waals surface area contributed by atoms with E-state index < -0.39 is 11.4 Å². The van der Waals surface area contributed by atoms with Crippen molar-refractivity contribution in [3.63, 3.8) is 0 Å². The predicted molar refractivity (Wildman–Crippen MR) is 62.5 cm³/mol. The van der Waals surface area contributed by atoms with Crippen molar-refractivity contribution in [1.29, 1.82) is 0 Å². The third-order valence-electron chi connectivity index (χ3n) is 3.17. The number of carboxylic acids is 1. The van der Waals surface area contributed by atoms with Gasteiger partial charge in [0.2, 0.25) is 0 Å². The van der Waals surface area contributed by atoms with Crippen LogP contribution in [-0.4, -0.2) is 31.4 Å². The van der Waals surface area contributed by atoms with Gasteiger partial charge < -0.3 is 14.6 Å². The highest BCUT2D eigenvalue weighted by Crippen LogP contribution is 2.41. The first-order valence-electron chi connectivity index (χ1n) is 5.52. The SMILES string of the molecule is COc1ccc(C)cc1C1(CC(=O)O)COC1. The van der Waals surface area contributed by atoms with E-state index in [-0.39, 0.29) is 6.42 Å². The van der Waals surface area contributed by atoms with E-state index in [0.717, 1.165) is 16.9 Å². The van der Waals surface area contributed by atoms with Crippen LogP contribution in [0, 0.1) is 6.92 Å². The van der Waals surface area contributed by atoms with Gasteiger partial charge in [0.25, 0.3) is 0 Å². The highest BCUT2D eigenvalue weighted by molar-refractivity contribution is 5.70. The smallest absolute Gasteiger partial charge is 0.304 e. The number of hydrogen-bond acceptors (Lipinski definition) is 3. The number of carboxylic acid groups (broad SMARTS) is 1. The zero-order valence-electron chi connectivity index (χ0n) is 10.0. The van der Waals surface area contributed by atoms with Gasteiger partial charge in [-0.3, -0.25) is 4.79 Å². The Morgan fingerprint density at radius 3 is 2.71 bits per heavy atom. The highest BCUT2D eigenvalue weighted by Gasteiger charge is 2.44. The van der Waals surface area contributed by atoms with Gasteiger partial charge in [-0.15, -0.1) is 0 Å². The number of ether oxygens (including phenoxy) is 2. The molecule has 4 nitrogen and oxygen atoms in total. The van der Waals surface area contributed by atoms with Gasteiger partial charge in [-0.25, -0.2) is 0 Å². The zero-order chi connectivity index (χ0) is 12.5. The van der Waals surface area contributed by atoms with Crippen LogP contribution < -0.4 is 4.74 Å². The fourth-order valence-corrected chi connectivity index (χ4v) is 2.23. The van der Waals surface area contributed by atoms with Gasteiger partial charge in [-0.1, -0.05) is 17.7 Å². The molecule has 0 atom stereocenters. The predicted octanol–water partition coefficient (Wildman–Crippen LogP) is 1.75. The third-order valence-corrected chi connectivity index (χ3v) is 3.17. The number of carbonyl (C=O) groups is 1. The number of hydrogen-bond donors (Lipinski definition) is 1. The molecule has 0 aromatic heterocycles. The molecule has 1 aliphatic heterocycles. The van der Waals surface area contributed by atoms with Crippen LogP contribution in [0.3, 0.4) is 0 Å². The third kappa shape index (κ3) is 2.13. The average Bonchev–Trinajstić information content (AvgIpc) is 2.23. The molecule has 0 amide bonds. The van der Waals surface area contributed by atoms with Crippen LogP contribution in [-0.2, 0) is 14.9 Å². The second-order valence-electron chi connectivity index (χ2n) is 4.55. The Balaban J connectivity index is 2.42. The number of methoxy groups -OCH3 is 1. The molecule has 92 valence electrons. The van der Waals surface area contributed by atoms with Crippen LogP contribution in [0.15, 0.2) is 18.2 Å². The van der Waals surface area contributed by atoms with Crippen molar-refractivity contribution >= 4 is 5.97 Å². The fourth-order valence-electron chi connectivity index (χ4n) is 2.23. The van der Waals surface area contributed by atoms with Crippen molar-refractivity contribution in [2.45, 2.75) is 18.8 Å². The number of benzene rings is 1. The fraction of sp³-hybridized carbons (Fsp3) is 0.462. The molecule has 1 heterocycles. The topological polar surface area (TPSA) is 55.8 Å². The van der Waals surface area contributed by atoms with E-state index in [0.29, 0.717) is 13.2 Å². The lowest BCUT2D eigenvalue weighted by Crippen LogP contribution is -2.48. The first-order valence-corrected chi connectivity index (χ1v) is 5.52. The van der Waals surface area contributed by atoms with Crippen molar-refractivity contribution in [3.05, 3.63) is 29.3 Å². The lowest BCUT2D eigenvalue weighted by molar-refractivity contribution is -0.145. The van der Waals surface area contributed by atoms with Crippen LogP contribution >= 0.6 is 0 Å². The quantitative estimate of drug-likeness (QED) is 0.865. The van der Waals surface area contributed by atoms with Crippen LogP contribution in [0.1, 0.15) is 17.5 Å². The van der Waals surface area contributed by atoms with E-state index in [9.17, 15) is 4.79 Å². The number of aryl methyl sites for hydroxylation is 1. The molecule has 0 saturated carbocycles. The molecule has 4 heteroatoms. The Hall–Kier alpha value is -1.55. The summed E-state index contributed by atoms with van der Waals surface area (Å²) in [5.41, 5.74) is 1.61. The maximum atomic E-state index is 11.0. The van der Waals surface area contributed by atoms with Crippen molar-refractivity contribution in [2.75, 3.05) is 20.3 Å². The largest absolute Gasteiger partial charge is 0.496 e. The molecule has 1 aliphatic rings. The lowest BCUT2D eigenvalue weighted by atomic mass is 9.75.